The Morgan fingerprint density at radius 1 is 1.38 bits per heavy atom. The molecule has 0 saturated heterocycles. The highest BCUT2D eigenvalue weighted by Gasteiger charge is 2.32. The van der Waals surface area contributed by atoms with E-state index in [0.29, 0.717) is 22.2 Å². The number of nitrogens with zero attached hydrogens (tertiary/aromatic N) is 1. The highest BCUT2D eigenvalue weighted by Crippen LogP contribution is 2.43. The van der Waals surface area contributed by atoms with E-state index in [1.165, 1.54) is 22.3 Å². The Morgan fingerprint density at radius 3 is 2.79 bits per heavy atom. The fraction of sp³-hybridized carbons (Fsp3) is 0.409. The molecule has 0 bridgehead atoms. The number of nitrogens with two attached hydrogens (primary N) is 1. The number of anilines is 2. The molecule has 29 heavy (non-hydrogen) atoms. The van der Waals surface area contributed by atoms with Crippen LogP contribution in [-0.4, -0.2) is 18.5 Å². The number of thiophene rings is 1. The zero-order valence-electron chi connectivity index (χ0n) is 16.9. The Morgan fingerprint density at radius 2 is 2.14 bits per heavy atom. The molecule has 3 N–H and O–H groups in total. The molecule has 0 saturated carbocycles. The number of nitrogen functional groups attached to an aromatic ring is 1. The van der Waals surface area contributed by atoms with Crippen LogP contribution in [-0.2, 0) is 22.4 Å². The summed E-state index contributed by atoms with van der Waals surface area (Å²) >= 11 is 1.46. The molecule has 3 rings (SSSR count). The van der Waals surface area contributed by atoms with Gasteiger partial charge in [0.05, 0.1) is 11.1 Å². The van der Waals surface area contributed by atoms with Gasteiger partial charge in [0.25, 0.3) is 5.91 Å². The van der Waals surface area contributed by atoms with Gasteiger partial charge in [-0.2, -0.15) is 5.26 Å². The third-order valence-corrected chi connectivity index (χ3v) is 6.48. The van der Waals surface area contributed by atoms with E-state index in [1.807, 2.05) is 0 Å². The van der Waals surface area contributed by atoms with Crippen LogP contribution in [0.3, 0.4) is 0 Å². The third-order valence-electron chi connectivity index (χ3n) is 5.31. The van der Waals surface area contributed by atoms with Crippen molar-refractivity contribution in [1.29, 1.82) is 5.26 Å². The maximum Gasteiger partial charge on any atom is 0.338 e. The average molecular weight is 412 g/mol. The number of benzene rings is 1. The molecule has 0 radical (unpaired) electrons. The molecule has 1 aromatic carbocycles. The number of rotatable bonds is 4. The van der Waals surface area contributed by atoms with Crippen LogP contribution >= 0.6 is 11.3 Å². The summed E-state index contributed by atoms with van der Waals surface area (Å²) in [7, 11) is 0. The molecular formula is C22H25N3O3S. The number of esters is 1. The van der Waals surface area contributed by atoms with Gasteiger partial charge in [-0.25, -0.2) is 4.79 Å². The Hall–Kier alpha value is -2.85. The molecule has 6 nitrogen and oxygen atoms in total. The summed E-state index contributed by atoms with van der Waals surface area (Å²) in [4.78, 5) is 25.5. The zero-order chi connectivity index (χ0) is 21.2. The molecular weight excluding hydrogens is 386 g/mol. The van der Waals surface area contributed by atoms with Crippen LogP contribution in [0.4, 0.5) is 10.7 Å². The molecule has 1 unspecified atom stereocenters. The lowest BCUT2D eigenvalue weighted by atomic mass is 9.72. The smallest absolute Gasteiger partial charge is 0.338 e. The van der Waals surface area contributed by atoms with E-state index >= 15 is 0 Å². The number of hydrogen-bond acceptors (Lipinski definition) is 6. The molecule has 1 aliphatic carbocycles. The number of carbonyl (C=O) groups excluding carboxylic acids is 2. The summed E-state index contributed by atoms with van der Waals surface area (Å²) in [5.74, 6) is -0.542. The van der Waals surface area contributed by atoms with E-state index in [1.54, 1.807) is 18.2 Å². The van der Waals surface area contributed by atoms with Crippen molar-refractivity contribution in [2.45, 2.75) is 40.0 Å². The molecule has 152 valence electrons. The summed E-state index contributed by atoms with van der Waals surface area (Å²) in [6, 6.07) is 8.61. The van der Waals surface area contributed by atoms with Crippen LogP contribution in [0.25, 0.3) is 0 Å². The van der Waals surface area contributed by atoms with Gasteiger partial charge in [-0.3, -0.25) is 4.79 Å². The van der Waals surface area contributed by atoms with E-state index in [-0.39, 0.29) is 11.0 Å². The molecule has 1 amide bonds. The van der Waals surface area contributed by atoms with Crippen LogP contribution in [0, 0.1) is 22.7 Å². The molecule has 2 aromatic rings. The van der Waals surface area contributed by atoms with Gasteiger partial charge < -0.3 is 15.8 Å². The number of nitrogens with one attached hydrogen (secondary N) is 1. The lowest BCUT2D eigenvalue weighted by Gasteiger charge is -2.33. The molecule has 1 atom stereocenters. The van der Waals surface area contributed by atoms with Gasteiger partial charge in [-0.05, 0) is 54.4 Å². The van der Waals surface area contributed by atoms with E-state index in [2.05, 4.69) is 32.2 Å². The second kappa shape index (κ2) is 8.26. The Labute approximate surface area is 174 Å². The molecule has 0 spiro atoms. The Balaban J connectivity index is 1.66. The monoisotopic (exact) mass is 411 g/mol. The number of carbonyl (C=O) groups is 2. The van der Waals surface area contributed by atoms with Crippen molar-refractivity contribution < 1.29 is 14.3 Å². The fourth-order valence-electron chi connectivity index (χ4n) is 3.57. The molecule has 0 aliphatic heterocycles. The van der Waals surface area contributed by atoms with Gasteiger partial charge in [0.1, 0.15) is 11.1 Å². The summed E-state index contributed by atoms with van der Waals surface area (Å²) < 4.78 is 5.07. The lowest BCUT2D eigenvalue weighted by Crippen LogP contribution is -2.26. The van der Waals surface area contributed by atoms with Crippen molar-refractivity contribution in [3.63, 3.8) is 0 Å². The Bertz CT molecular complexity index is 982. The van der Waals surface area contributed by atoms with Gasteiger partial charge in [-0.1, -0.05) is 26.8 Å². The van der Waals surface area contributed by atoms with Crippen LogP contribution in [0.1, 0.15) is 53.6 Å². The molecule has 0 fully saturated rings. The highest BCUT2D eigenvalue weighted by atomic mass is 32.1. The molecule has 1 aliphatic rings. The number of hydrogen-bond donors (Lipinski definition) is 2. The topological polar surface area (TPSA) is 105 Å². The number of nitriles is 1. The van der Waals surface area contributed by atoms with Crippen LogP contribution < -0.4 is 11.1 Å². The molecule has 1 heterocycles. The third kappa shape index (κ3) is 4.77. The molecule has 1 aromatic heterocycles. The first-order valence-corrected chi connectivity index (χ1v) is 10.4. The maximum atomic E-state index is 12.3. The summed E-state index contributed by atoms with van der Waals surface area (Å²) in [6.45, 7) is 6.28. The second-order valence-electron chi connectivity index (χ2n) is 8.38. The zero-order valence-corrected chi connectivity index (χ0v) is 17.7. The van der Waals surface area contributed by atoms with E-state index in [0.717, 1.165) is 24.8 Å². The van der Waals surface area contributed by atoms with Crippen LogP contribution in [0.2, 0.25) is 0 Å². The number of fused-ring (bicyclic) bond motifs is 1. The predicted octanol–water partition coefficient (Wildman–Crippen LogP) is 4.15. The quantitative estimate of drug-likeness (QED) is 0.581. The fourth-order valence-corrected chi connectivity index (χ4v) is 4.87. The van der Waals surface area contributed by atoms with E-state index in [4.69, 9.17) is 10.5 Å². The van der Waals surface area contributed by atoms with Gasteiger partial charge in [0, 0.05) is 10.6 Å². The van der Waals surface area contributed by atoms with Gasteiger partial charge in [-0.15, -0.1) is 11.3 Å². The normalized spacial score (nSPS) is 15.9. The van der Waals surface area contributed by atoms with E-state index < -0.39 is 18.5 Å². The van der Waals surface area contributed by atoms with Crippen molar-refractivity contribution >= 4 is 33.9 Å². The first-order chi connectivity index (χ1) is 13.7. The predicted molar refractivity (Wildman–Crippen MR) is 114 cm³/mol. The minimum Gasteiger partial charge on any atom is -0.452 e. The van der Waals surface area contributed by atoms with Gasteiger partial charge >= 0.3 is 5.97 Å². The highest BCUT2D eigenvalue weighted by molar-refractivity contribution is 7.16. The summed E-state index contributed by atoms with van der Waals surface area (Å²) in [5.41, 5.74) is 8.17. The number of ether oxygens (including phenoxy) is 1. The van der Waals surface area contributed by atoms with Crippen molar-refractivity contribution in [3.05, 3.63) is 45.8 Å². The van der Waals surface area contributed by atoms with Crippen molar-refractivity contribution in [1.82, 2.24) is 0 Å². The maximum absolute atomic E-state index is 12.3. The summed E-state index contributed by atoms with van der Waals surface area (Å²) in [5, 5.41) is 12.9. The largest absolute Gasteiger partial charge is 0.452 e. The van der Waals surface area contributed by atoms with Crippen molar-refractivity contribution in [2.75, 3.05) is 17.7 Å². The van der Waals surface area contributed by atoms with Crippen LogP contribution in [0.5, 0.6) is 0 Å². The van der Waals surface area contributed by atoms with Crippen molar-refractivity contribution in [3.8, 4) is 6.07 Å². The SMILES string of the molecule is CC(C)(C)C1CCc2c(sc(NC(=O)COC(=O)c3cccc(N)c3)c2C#N)C1. The minimum atomic E-state index is -0.619. The number of amides is 1. The van der Waals surface area contributed by atoms with E-state index in [9.17, 15) is 14.9 Å². The standard InChI is InChI=1S/C22H25N3O3S/c1-22(2,3)14-7-8-16-17(11-23)20(29-18(16)10-14)25-19(26)12-28-21(27)13-5-4-6-15(24)9-13/h4-6,9,14H,7-8,10,12,24H2,1-3H3,(H,25,26). The molecule has 7 heteroatoms. The minimum absolute atomic E-state index is 0.201. The second-order valence-corrected chi connectivity index (χ2v) is 9.48. The lowest BCUT2D eigenvalue weighted by molar-refractivity contribution is -0.119. The van der Waals surface area contributed by atoms with Gasteiger partial charge in [0.2, 0.25) is 0 Å². The van der Waals surface area contributed by atoms with Crippen LogP contribution in [0.15, 0.2) is 24.3 Å². The first-order valence-electron chi connectivity index (χ1n) is 9.56. The Kier molecular flexibility index (Phi) is 5.94. The first kappa shape index (κ1) is 20.9. The summed E-state index contributed by atoms with van der Waals surface area (Å²) in [6.07, 6.45) is 2.79. The van der Waals surface area contributed by atoms with Crippen molar-refractivity contribution in [2.24, 2.45) is 11.3 Å². The van der Waals surface area contributed by atoms with Gasteiger partial charge in [0.15, 0.2) is 6.61 Å². The average Bonchev–Trinajstić information content (AvgIpc) is 3.01.